The number of thiocarbonyl (C=S) groups is 1. The molecule has 2 aromatic rings. The van der Waals surface area contributed by atoms with Crippen molar-refractivity contribution in [3.8, 4) is 0 Å². The molecule has 0 amide bonds. The van der Waals surface area contributed by atoms with Crippen LogP contribution in [0.4, 0.5) is 0 Å². The normalized spacial score (nSPS) is 10.3. The molecule has 0 aliphatic rings. The maximum absolute atomic E-state index is 5.48. The van der Waals surface area contributed by atoms with Gasteiger partial charge in [-0.1, -0.05) is 12.1 Å². The first-order chi connectivity index (χ1) is 5.79. The van der Waals surface area contributed by atoms with Crippen LogP contribution in [0, 0.1) is 0 Å². The number of para-hydroxylation sites is 2. The van der Waals surface area contributed by atoms with Crippen LogP contribution in [-0.4, -0.2) is 14.7 Å². The van der Waals surface area contributed by atoms with Gasteiger partial charge < -0.3 is 5.73 Å². The molecule has 4 heteroatoms. The quantitative estimate of drug-likeness (QED) is 0.613. The van der Waals surface area contributed by atoms with Crippen molar-refractivity contribution in [3.63, 3.8) is 0 Å². The minimum absolute atomic E-state index is 0.323. The summed E-state index contributed by atoms with van der Waals surface area (Å²) in [6.45, 7) is 0. The van der Waals surface area contributed by atoms with Gasteiger partial charge in [0.15, 0.2) is 5.11 Å². The summed E-state index contributed by atoms with van der Waals surface area (Å²) in [4.78, 5) is 4.14. The molecule has 0 saturated heterocycles. The first-order valence-electron chi connectivity index (χ1n) is 3.51. The number of nitrogens with zero attached hydrogens (tertiary/aromatic N) is 2. The van der Waals surface area contributed by atoms with E-state index in [1.807, 2.05) is 24.3 Å². The summed E-state index contributed by atoms with van der Waals surface area (Å²) in [6.07, 6.45) is 1.63. The maximum atomic E-state index is 5.48. The number of fused-ring (bicyclic) bond motifs is 1. The minimum atomic E-state index is 0.323. The molecule has 1 aromatic heterocycles. The third kappa shape index (κ3) is 0.967. The Kier molecular flexibility index (Phi) is 1.55. The molecule has 0 fully saturated rings. The molecule has 1 heterocycles. The Morgan fingerprint density at radius 2 is 2.17 bits per heavy atom. The van der Waals surface area contributed by atoms with Gasteiger partial charge >= 0.3 is 0 Å². The summed E-state index contributed by atoms with van der Waals surface area (Å²) >= 11 is 4.84. The van der Waals surface area contributed by atoms with Crippen molar-refractivity contribution in [2.75, 3.05) is 0 Å². The predicted octanol–water partition coefficient (Wildman–Crippen LogP) is 1.13. The molecular weight excluding hydrogens is 170 g/mol. The Hall–Kier alpha value is -1.42. The van der Waals surface area contributed by atoms with Gasteiger partial charge in [-0.3, -0.25) is 4.57 Å². The monoisotopic (exact) mass is 177 g/mol. The SMILES string of the molecule is NC(=S)n1cnc2ccccc21. The molecule has 0 spiro atoms. The highest BCUT2D eigenvalue weighted by atomic mass is 32.1. The molecule has 2 rings (SSSR count). The van der Waals surface area contributed by atoms with Crippen molar-refractivity contribution in [1.82, 2.24) is 9.55 Å². The van der Waals surface area contributed by atoms with Crippen LogP contribution >= 0.6 is 12.2 Å². The summed E-state index contributed by atoms with van der Waals surface area (Å²) < 4.78 is 1.69. The van der Waals surface area contributed by atoms with Crippen molar-refractivity contribution in [1.29, 1.82) is 0 Å². The fourth-order valence-corrected chi connectivity index (χ4v) is 1.28. The van der Waals surface area contributed by atoms with Crippen LogP contribution in [0.1, 0.15) is 0 Å². The second-order valence-corrected chi connectivity index (χ2v) is 2.86. The Bertz CT molecular complexity index is 433. The van der Waals surface area contributed by atoms with Gasteiger partial charge in [0.1, 0.15) is 6.33 Å². The number of aromatic nitrogens is 2. The van der Waals surface area contributed by atoms with Gasteiger partial charge in [-0.2, -0.15) is 0 Å². The van der Waals surface area contributed by atoms with Gasteiger partial charge in [-0.05, 0) is 24.4 Å². The summed E-state index contributed by atoms with van der Waals surface area (Å²) in [5.41, 5.74) is 7.34. The summed E-state index contributed by atoms with van der Waals surface area (Å²) in [5.74, 6) is 0. The number of hydrogen-bond acceptors (Lipinski definition) is 2. The van der Waals surface area contributed by atoms with Crippen molar-refractivity contribution < 1.29 is 0 Å². The standard InChI is InChI=1S/C8H7N3S/c9-8(12)11-5-10-6-3-1-2-4-7(6)11/h1-5H,(H2,9,12). The predicted molar refractivity (Wildman–Crippen MR) is 51.9 cm³/mol. The summed E-state index contributed by atoms with van der Waals surface area (Å²) in [7, 11) is 0. The molecule has 0 saturated carbocycles. The fraction of sp³-hybridized carbons (Fsp3) is 0. The van der Waals surface area contributed by atoms with Crippen LogP contribution in [-0.2, 0) is 0 Å². The van der Waals surface area contributed by atoms with Crippen LogP contribution < -0.4 is 5.73 Å². The van der Waals surface area contributed by atoms with Crippen molar-refractivity contribution >= 4 is 28.4 Å². The number of hydrogen-bond donors (Lipinski definition) is 1. The third-order valence-corrected chi connectivity index (χ3v) is 1.89. The smallest absolute Gasteiger partial charge is 0.176 e. The van der Waals surface area contributed by atoms with Gasteiger partial charge in [0.2, 0.25) is 0 Å². The first-order valence-corrected chi connectivity index (χ1v) is 3.92. The topological polar surface area (TPSA) is 43.8 Å². The van der Waals surface area contributed by atoms with Crippen LogP contribution in [0.25, 0.3) is 11.0 Å². The van der Waals surface area contributed by atoms with Crippen molar-refractivity contribution in [3.05, 3.63) is 30.6 Å². The molecule has 0 unspecified atom stereocenters. The average molecular weight is 177 g/mol. The van der Waals surface area contributed by atoms with E-state index in [2.05, 4.69) is 4.98 Å². The van der Waals surface area contributed by atoms with E-state index in [-0.39, 0.29) is 0 Å². The Morgan fingerprint density at radius 3 is 2.92 bits per heavy atom. The lowest BCUT2D eigenvalue weighted by Crippen LogP contribution is -2.17. The summed E-state index contributed by atoms with van der Waals surface area (Å²) in [6, 6.07) is 7.71. The zero-order valence-electron chi connectivity index (χ0n) is 6.27. The fourth-order valence-electron chi connectivity index (χ4n) is 1.13. The van der Waals surface area contributed by atoms with E-state index in [0.717, 1.165) is 11.0 Å². The van der Waals surface area contributed by atoms with E-state index in [1.165, 1.54) is 0 Å². The Morgan fingerprint density at radius 1 is 1.42 bits per heavy atom. The number of nitrogens with two attached hydrogens (primary N) is 1. The summed E-state index contributed by atoms with van der Waals surface area (Å²) in [5, 5.41) is 0.323. The average Bonchev–Trinajstić information content (AvgIpc) is 2.47. The van der Waals surface area contributed by atoms with E-state index in [9.17, 15) is 0 Å². The zero-order chi connectivity index (χ0) is 8.55. The second-order valence-electron chi connectivity index (χ2n) is 2.44. The molecule has 3 nitrogen and oxygen atoms in total. The largest absolute Gasteiger partial charge is 0.376 e. The molecule has 1 aromatic carbocycles. The zero-order valence-corrected chi connectivity index (χ0v) is 7.08. The highest BCUT2D eigenvalue weighted by molar-refractivity contribution is 7.80. The van der Waals surface area contributed by atoms with Gasteiger partial charge in [0.05, 0.1) is 11.0 Å². The van der Waals surface area contributed by atoms with E-state index in [0.29, 0.717) is 5.11 Å². The van der Waals surface area contributed by atoms with Crippen LogP contribution in [0.5, 0.6) is 0 Å². The first kappa shape index (κ1) is 7.24. The van der Waals surface area contributed by atoms with E-state index >= 15 is 0 Å². The lowest BCUT2D eigenvalue weighted by molar-refractivity contribution is 1.17. The molecule has 0 aliphatic carbocycles. The highest BCUT2D eigenvalue weighted by Gasteiger charge is 2.01. The molecule has 60 valence electrons. The molecule has 0 bridgehead atoms. The van der Waals surface area contributed by atoms with Crippen LogP contribution in [0.2, 0.25) is 0 Å². The van der Waals surface area contributed by atoms with Crippen molar-refractivity contribution in [2.45, 2.75) is 0 Å². The molecule has 2 N–H and O–H groups in total. The highest BCUT2D eigenvalue weighted by Crippen LogP contribution is 2.10. The molecule has 0 aliphatic heterocycles. The second kappa shape index (κ2) is 2.57. The lowest BCUT2D eigenvalue weighted by Gasteiger charge is -1.97. The van der Waals surface area contributed by atoms with E-state index in [4.69, 9.17) is 18.0 Å². The van der Waals surface area contributed by atoms with Crippen LogP contribution in [0.15, 0.2) is 30.6 Å². The van der Waals surface area contributed by atoms with Gasteiger partial charge in [-0.15, -0.1) is 0 Å². The van der Waals surface area contributed by atoms with Gasteiger partial charge in [0.25, 0.3) is 0 Å². The molecule has 12 heavy (non-hydrogen) atoms. The molecular formula is C8H7N3S. The number of imidazole rings is 1. The van der Waals surface area contributed by atoms with Gasteiger partial charge in [0, 0.05) is 0 Å². The minimum Gasteiger partial charge on any atom is -0.376 e. The van der Waals surface area contributed by atoms with Gasteiger partial charge in [-0.25, -0.2) is 4.98 Å². The third-order valence-electron chi connectivity index (χ3n) is 1.69. The van der Waals surface area contributed by atoms with E-state index < -0.39 is 0 Å². The van der Waals surface area contributed by atoms with E-state index in [1.54, 1.807) is 10.9 Å². The molecule has 0 atom stereocenters. The number of benzene rings is 1. The van der Waals surface area contributed by atoms with Crippen molar-refractivity contribution in [2.24, 2.45) is 5.73 Å². The Balaban J connectivity index is 2.79. The Labute approximate surface area is 74.8 Å². The van der Waals surface area contributed by atoms with Crippen LogP contribution in [0.3, 0.4) is 0 Å². The number of rotatable bonds is 0. The lowest BCUT2D eigenvalue weighted by atomic mass is 10.3. The maximum Gasteiger partial charge on any atom is 0.176 e. The molecule has 0 radical (unpaired) electrons.